The van der Waals surface area contributed by atoms with Crippen LogP contribution in [-0.4, -0.2) is 65.4 Å². The Kier molecular flexibility index (Phi) is 6.95. The molecule has 0 aromatic heterocycles. The summed E-state index contributed by atoms with van der Waals surface area (Å²) in [6.07, 6.45) is -0.623. The van der Waals surface area contributed by atoms with E-state index in [2.05, 4.69) is 10.3 Å². The largest absolute Gasteiger partial charge is 0.444 e. The molecule has 2 atom stereocenters. The summed E-state index contributed by atoms with van der Waals surface area (Å²) in [7, 11) is -3.15. The molecule has 2 fully saturated rings. The van der Waals surface area contributed by atoms with E-state index in [0.717, 1.165) is 5.56 Å². The molecule has 1 N–H and O–H groups in total. The quantitative estimate of drug-likeness (QED) is 0.703. The minimum atomic E-state index is -3.15. The number of amidine groups is 1. The summed E-state index contributed by atoms with van der Waals surface area (Å²) in [5.74, 6) is -0.748. The zero-order valence-corrected chi connectivity index (χ0v) is 19.3. The van der Waals surface area contributed by atoms with Crippen LogP contribution in [0.2, 0.25) is 0 Å². The van der Waals surface area contributed by atoms with E-state index in [4.69, 9.17) is 4.74 Å². The predicted molar refractivity (Wildman–Crippen MR) is 117 cm³/mol. The Labute approximate surface area is 185 Å². The fourth-order valence-corrected chi connectivity index (χ4v) is 7.32. The molecular formula is C20H26FN3O5S2. The van der Waals surface area contributed by atoms with Crippen molar-refractivity contribution in [1.82, 2.24) is 10.2 Å². The molecule has 11 heteroatoms. The molecule has 2 saturated heterocycles. The van der Waals surface area contributed by atoms with Crippen molar-refractivity contribution in [2.45, 2.75) is 50.6 Å². The molecule has 1 aromatic rings. The zero-order valence-electron chi connectivity index (χ0n) is 17.6. The van der Waals surface area contributed by atoms with Crippen LogP contribution in [-0.2, 0) is 25.9 Å². The van der Waals surface area contributed by atoms with Crippen molar-refractivity contribution in [2.24, 2.45) is 4.99 Å². The molecule has 2 heterocycles. The summed E-state index contributed by atoms with van der Waals surface area (Å²) in [6, 6.07) is 5.64. The maximum Gasteiger partial charge on any atom is 0.407 e. The number of ether oxygens (including phenoxy) is 1. The number of hydrogen-bond acceptors (Lipinski definition) is 6. The van der Waals surface area contributed by atoms with Gasteiger partial charge in [-0.3, -0.25) is 4.79 Å². The number of fused-ring (bicyclic) bond motifs is 1. The SMILES string of the molecule is CC(C)(C)OC(=O)NCCC(=O)N=C1S[C@H]2CS(=O)(=O)C[C@@H]2N1Cc1ccc(F)cc1. The molecule has 1 aromatic carbocycles. The summed E-state index contributed by atoms with van der Waals surface area (Å²) in [6.45, 7) is 5.63. The number of halogens is 1. The van der Waals surface area contributed by atoms with Gasteiger partial charge in [0, 0.05) is 24.8 Å². The van der Waals surface area contributed by atoms with Gasteiger partial charge in [0.15, 0.2) is 15.0 Å². The van der Waals surface area contributed by atoms with Crippen LogP contribution in [0.5, 0.6) is 0 Å². The number of benzene rings is 1. The number of nitrogens with one attached hydrogen (secondary N) is 1. The number of hydrogen-bond donors (Lipinski definition) is 1. The van der Waals surface area contributed by atoms with Gasteiger partial charge in [-0.1, -0.05) is 23.9 Å². The van der Waals surface area contributed by atoms with Crippen LogP contribution in [0.25, 0.3) is 0 Å². The number of alkyl carbamates (subject to hydrolysis) is 1. The van der Waals surface area contributed by atoms with E-state index in [-0.39, 0.29) is 41.6 Å². The molecule has 0 radical (unpaired) electrons. The van der Waals surface area contributed by atoms with Gasteiger partial charge >= 0.3 is 6.09 Å². The molecule has 3 rings (SSSR count). The number of amides is 2. The Morgan fingerprint density at radius 3 is 2.58 bits per heavy atom. The lowest BCUT2D eigenvalue weighted by Gasteiger charge is -2.24. The lowest BCUT2D eigenvalue weighted by atomic mass is 10.1. The number of sulfone groups is 1. The Morgan fingerprint density at radius 1 is 1.26 bits per heavy atom. The number of carbonyl (C=O) groups is 2. The van der Waals surface area contributed by atoms with E-state index in [0.29, 0.717) is 11.7 Å². The summed E-state index contributed by atoms with van der Waals surface area (Å²) in [5, 5.41) is 2.77. The van der Waals surface area contributed by atoms with Crippen molar-refractivity contribution in [3.8, 4) is 0 Å². The van der Waals surface area contributed by atoms with Gasteiger partial charge in [0.25, 0.3) is 0 Å². The van der Waals surface area contributed by atoms with Gasteiger partial charge in [-0.2, -0.15) is 4.99 Å². The molecule has 170 valence electrons. The number of nitrogens with zero attached hydrogens (tertiary/aromatic N) is 2. The first-order chi connectivity index (χ1) is 14.4. The van der Waals surface area contributed by atoms with Gasteiger partial charge < -0.3 is 15.0 Å². The van der Waals surface area contributed by atoms with E-state index >= 15 is 0 Å². The van der Waals surface area contributed by atoms with Crippen LogP contribution in [0.15, 0.2) is 29.3 Å². The molecule has 0 aliphatic carbocycles. The van der Waals surface area contributed by atoms with Gasteiger partial charge in [-0.25, -0.2) is 17.6 Å². The maximum atomic E-state index is 13.2. The van der Waals surface area contributed by atoms with Crippen LogP contribution in [0.1, 0.15) is 32.8 Å². The second-order valence-corrected chi connectivity index (χ2v) is 11.9. The van der Waals surface area contributed by atoms with E-state index in [1.165, 1.54) is 23.9 Å². The highest BCUT2D eigenvalue weighted by atomic mass is 32.2. The fourth-order valence-electron chi connectivity index (χ4n) is 3.36. The number of carbonyl (C=O) groups excluding carboxylic acids is 2. The number of aliphatic imine (C=N–C) groups is 1. The van der Waals surface area contributed by atoms with Gasteiger partial charge in [0.1, 0.15) is 11.4 Å². The van der Waals surface area contributed by atoms with Gasteiger partial charge in [-0.05, 0) is 38.5 Å². The van der Waals surface area contributed by atoms with Crippen LogP contribution in [0.4, 0.5) is 9.18 Å². The molecule has 0 bridgehead atoms. The first-order valence-electron chi connectivity index (χ1n) is 9.88. The van der Waals surface area contributed by atoms with Crippen molar-refractivity contribution >= 4 is 38.8 Å². The third kappa shape index (κ3) is 6.67. The smallest absolute Gasteiger partial charge is 0.407 e. The van der Waals surface area contributed by atoms with Crippen LogP contribution < -0.4 is 5.32 Å². The summed E-state index contributed by atoms with van der Waals surface area (Å²) in [5.41, 5.74) is 0.159. The standard InChI is InChI=1S/C20H26FN3O5S2/c1-20(2,3)29-19(26)22-9-8-17(25)23-18-24(10-13-4-6-14(21)7-5-13)15-11-31(27,28)12-16(15)30-18/h4-7,15-16H,8-12H2,1-3H3,(H,22,26)/t15-,16-/m0/s1. The maximum absolute atomic E-state index is 13.2. The van der Waals surface area contributed by atoms with Crippen molar-refractivity contribution < 1.29 is 27.1 Å². The molecular weight excluding hydrogens is 445 g/mol. The Bertz CT molecular complexity index is 974. The third-order valence-corrected chi connectivity index (χ3v) is 7.92. The highest BCUT2D eigenvalue weighted by Crippen LogP contribution is 2.39. The fraction of sp³-hybridized carbons (Fsp3) is 0.550. The molecule has 0 unspecified atom stereocenters. The summed E-state index contributed by atoms with van der Waals surface area (Å²) < 4.78 is 42.5. The molecule has 2 amide bonds. The zero-order chi connectivity index (χ0) is 22.8. The molecule has 0 saturated carbocycles. The Morgan fingerprint density at radius 2 is 1.94 bits per heavy atom. The highest BCUT2D eigenvalue weighted by molar-refractivity contribution is 8.15. The number of thioether (sulfide) groups is 1. The molecule has 31 heavy (non-hydrogen) atoms. The predicted octanol–water partition coefficient (Wildman–Crippen LogP) is 2.34. The van der Waals surface area contributed by atoms with Crippen LogP contribution >= 0.6 is 11.8 Å². The van der Waals surface area contributed by atoms with Gasteiger partial charge in [-0.15, -0.1) is 0 Å². The first-order valence-corrected chi connectivity index (χ1v) is 12.6. The lowest BCUT2D eigenvalue weighted by molar-refractivity contribution is -0.117. The number of rotatable bonds is 5. The van der Waals surface area contributed by atoms with Gasteiger partial charge in [0.05, 0.1) is 17.5 Å². The average molecular weight is 472 g/mol. The lowest BCUT2D eigenvalue weighted by Crippen LogP contribution is -2.37. The van der Waals surface area contributed by atoms with E-state index in [9.17, 15) is 22.4 Å². The van der Waals surface area contributed by atoms with Gasteiger partial charge in [0.2, 0.25) is 5.91 Å². The second kappa shape index (κ2) is 9.15. The van der Waals surface area contributed by atoms with Crippen LogP contribution in [0, 0.1) is 5.82 Å². The molecule has 8 nitrogen and oxygen atoms in total. The summed E-state index contributed by atoms with van der Waals surface area (Å²) in [4.78, 5) is 30.0. The average Bonchev–Trinajstić information content (AvgIpc) is 3.07. The molecule has 2 aliphatic rings. The summed E-state index contributed by atoms with van der Waals surface area (Å²) >= 11 is 1.28. The van der Waals surface area contributed by atoms with Crippen molar-refractivity contribution in [3.63, 3.8) is 0 Å². The minimum Gasteiger partial charge on any atom is -0.444 e. The Balaban J connectivity index is 1.66. The second-order valence-electron chi connectivity index (χ2n) is 8.52. The Hall–Kier alpha value is -2.14. The van der Waals surface area contributed by atoms with E-state index in [1.54, 1.807) is 32.9 Å². The van der Waals surface area contributed by atoms with Crippen molar-refractivity contribution in [2.75, 3.05) is 18.1 Å². The molecule has 0 spiro atoms. The third-order valence-electron chi connectivity index (χ3n) is 4.67. The van der Waals surface area contributed by atoms with E-state index < -0.39 is 27.4 Å². The van der Waals surface area contributed by atoms with Crippen molar-refractivity contribution in [3.05, 3.63) is 35.6 Å². The van der Waals surface area contributed by atoms with Crippen LogP contribution in [0.3, 0.4) is 0 Å². The van der Waals surface area contributed by atoms with Crippen molar-refractivity contribution in [1.29, 1.82) is 0 Å². The van der Waals surface area contributed by atoms with E-state index in [1.807, 2.05) is 4.90 Å². The first kappa shape index (κ1) is 23.5. The minimum absolute atomic E-state index is 0.000723. The molecule has 2 aliphatic heterocycles. The normalized spacial score (nSPS) is 23.6. The monoisotopic (exact) mass is 471 g/mol. The highest BCUT2D eigenvalue weighted by Gasteiger charge is 2.48. The topological polar surface area (TPSA) is 105 Å².